The fraction of sp³-hybridized carbons (Fsp3) is 0.652. The van der Waals surface area contributed by atoms with Crippen molar-refractivity contribution in [3.8, 4) is 5.75 Å². The molecule has 1 heterocycles. The van der Waals surface area contributed by atoms with E-state index in [-0.39, 0.29) is 11.3 Å². The minimum Gasteiger partial charge on any atom is -0.496 e. The molecule has 1 saturated heterocycles. The van der Waals surface area contributed by atoms with Crippen LogP contribution in [0.25, 0.3) is 0 Å². The number of nitrogens with one attached hydrogen (secondary N) is 1. The second kappa shape index (κ2) is 8.64. The summed E-state index contributed by atoms with van der Waals surface area (Å²) in [5.74, 6) is 0.787. The van der Waals surface area contributed by atoms with Gasteiger partial charge in [0.1, 0.15) is 17.4 Å². The highest BCUT2D eigenvalue weighted by Crippen LogP contribution is 2.44. The Kier molecular flexibility index (Phi) is 6.39. The molecule has 2 amide bonds. The number of methoxy groups -OCH3 is 1. The van der Waals surface area contributed by atoms with Crippen molar-refractivity contribution in [1.82, 2.24) is 10.2 Å². The Morgan fingerprint density at radius 3 is 2.52 bits per heavy atom. The van der Waals surface area contributed by atoms with Gasteiger partial charge in [-0.05, 0) is 52.5 Å². The summed E-state index contributed by atoms with van der Waals surface area (Å²) < 4.78 is 11.1. The van der Waals surface area contributed by atoms with Gasteiger partial charge in [0.2, 0.25) is 5.91 Å². The maximum Gasteiger partial charge on any atom is 0.410 e. The third-order valence-electron chi connectivity index (χ3n) is 6.02. The normalized spacial score (nSPS) is 21.1. The first-order chi connectivity index (χ1) is 13.8. The van der Waals surface area contributed by atoms with E-state index in [4.69, 9.17) is 9.47 Å². The number of hydrogen-bond acceptors (Lipinski definition) is 4. The van der Waals surface area contributed by atoms with Crippen LogP contribution in [-0.4, -0.2) is 48.7 Å². The first-order valence-corrected chi connectivity index (χ1v) is 10.7. The van der Waals surface area contributed by atoms with Crippen LogP contribution in [0.5, 0.6) is 5.75 Å². The molecule has 2 aliphatic rings. The van der Waals surface area contributed by atoms with Crippen molar-refractivity contribution in [1.29, 1.82) is 0 Å². The highest BCUT2D eigenvalue weighted by Gasteiger charge is 2.40. The standard InChI is InChI=1S/C23H34N2O4/c1-22(2,3)29-21(27)25-15-9-11-18(25)20(26)24-16-23(13-7-8-14-23)17-10-5-6-12-19(17)28-4/h5-6,10,12,18H,7-9,11,13-16H2,1-4H3,(H,24,26)/t18-/m0/s1. The monoisotopic (exact) mass is 402 g/mol. The van der Waals surface area contributed by atoms with Gasteiger partial charge in [0.25, 0.3) is 0 Å². The first-order valence-electron chi connectivity index (χ1n) is 10.7. The van der Waals surface area contributed by atoms with Gasteiger partial charge < -0.3 is 14.8 Å². The van der Waals surface area contributed by atoms with Crippen molar-refractivity contribution in [3.05, 3.63) is 29.8 Å². The summed E-state index contributed by atoms with van der Waals surface area (Å²) in [6.45, 7) is 6.64. The van der Waals surface area contributed by atoms with Gasteiger partial charge in [-0.15, -0.1) is 0 Å². The van der Waals surface area contributed by atoms with Gasteiger partial charge in [-0.3, -0.25) is 9.69 Å². The summed E-state index contributed by atoms with van der Waals surface area (Å²) in [5.41, 5.74) is 0.478. The van der Waals surface area contributed by atoms with Crippen molar-refractivity contribution in [2.45, 2.75) is 76.4 Å². The maximum absolute atomic E-state index is 13.0. The summed E-state index contributed by atoms with van der Waals surface area (Å²) >= 11 is 0. The lowest BCUT2D eigenvalue weighted by Crippen LogP contribution is -2.50. The quantitative estimate of drug-likeness (QED) is 0.808. The lowest BCUT2D eigenvalue weighted by molar-refractivity contribution is -0.125. The second-order valence-corrected chi connectivity index (χ2v) is 9.24. The van der Waals surface area contributed by atoms with Gasteiger partial charge in [-0.2, -0.15) is 0 Å². The van der Waals surface area contributed by atoms with Crippen LogP contribution in [0.2, 0.25) is 0 Å². The Morgan fingerprint density at radius 1 is 1.17 bits per heavy atom. The number of rotatable bonds is 5. The van der Waals surface area contributed by atoms with Crippen molar-refractivity contribution in [3.63, 3.8) is 0 Å². The van der Waals surface area contributed by atoms with E-state index in [0.717, 1.165) is 43.4 Å². The molecule has 1 aliphatic heterocycles. The SMILES string of the molecule is COc1ccccc1C1(CNC(=O)[C@@H]2CCCN2C(=O)OC(C)(C)C)CCCC1. The predicted molar refractivity (Wildman–Crippen MR) is 112 cm³/mol. The van der Waals surface area contributed by atoms with Gasteiger partial charge in [0.15, 0.2) is 0 Å². The van der Waals surface area contributed by atoms with Crippen molar-refractivity contribution in [2.75, 3.05) is 20.2 Å². The third-order valence-corrected chi connectivity index (χ3v) is 6.02. The Bertz CT molecular complexity index is 735. The zero-order valence-corrected chi connectivity index (χ0v) is 18.1. The number of nitrogens with zero attached hydrogens (tertiary/aromatic N) is 1. The predicted octanol–water partition coefficient (Wildman–Crippen LogP) is 4.02. The molecule has 0 unspecified atom stereocenters. The van der Waals surface area contributed by atoms with Crippen LogP contribution in [0.1, 0.15) is 64.9 Å². The van der Waals surface area contributed by atoms with Gasteiger partial charge in [-0.1, -0.05) is 31.0 Å². The van der Waals surface area contributed by atoms with Gasteiger partial charge in [0, 0.05) is 24.1 Å². The zero-order chi connectivity index (χ0) is 21.1. The number of amides is 2. The Labute approximate surface area is 173 Å². The largest absolute Gasteiger partial charge is 0.496 e. The summed E-state index contributed by atoms with van der Waals surface area (Å²) in [6, 6.07) is 7.64. The average molecular weight is 403 g/mol. The van der Waals surface area contributed by atoms with Gasteiger partial charge in [0.05, 0.1) is 7.11 Å². The van der Waals surface area contributed by atoms with E-state index < -0.39 is 17.7 Å². The van der Waals surface area contributed by atoms with Gasteiger partial charge >= 0.3 is 6.09 Å². The number of carbonyl (C=O) groups is 2. The van der Waals surface area contributed by atoms with Crippen molar-refractivity contribution < 1.29 is 19.1 Å². The zero-order valence-electron chi connectivity index (χ0n) is 18.1. The highest BCUT2D eigenvalue weighted by atomic mass is 16.6. The topological polar surface area (TPSA) is 67.9 Å². The van der Waals surface area contributed by atoms with E-state index in [1.165, 1.54) is 0 Å². The fourth-order valence-corrected chi connectivity index (χ4v) is 4.63. The lowest BCUT2D eigenvalue weighted by Gasteiger charge is -2.33. The molecule has 0 aromatic heterocycles. The molecule has 1 saturated carbocycles. The summed E-state index contributed by atoms with van der Waals surface area (Å²) in [6.07, 6.45) is 5.41. The molecule has 6 nitrogen and oxygen atoms in total. The van der Waals surface area contributed by atoms with E-state index in [0.29, 0.717) is 19.5 Å². The van der Waals surface area contributed by atoms with Crippen LogP contribution in [-0.2, 0) is 14.9 Å². The Hall–Kier alpha value is -2.24. The van der Waals surface area contributed by atoms with E-state index >= 15 is 0 Å². The average Bonchev–Trinajstić information content (AvgIpc) is 3.35. The maximum atomic E-state index is 13.0. The van der Waals surface area contributed by atoms with Crippen molar-refractivity contribution in [2.24, 2.45) is 0 Å². The number of hydrogen-bond donors (Lipinski definition) is 1. The molecule has 0 radical (unpaired) electrons. The first kappa shape index (κ1) is 21.5. The molecule has 1 atom stereocenters. The van der Waals surface area contributed by atoms with Crippen LogP contribution in [0.15, 0.2) is 24.3 Å². The fourth-order valence-electron chi connectivity index (χ4n) is 4.63. The summed E-state index contributed by atoms with van der Waals surface area (Å²) in [4.78, 5) is 27.1. The number of ether oxygens (including phenoxy) is 2. The molecular formula is C23H34N2O4. The summed E-state index contributed by atoms with van der Waals surface area (Å²) in [5, 5.41) is 3.16. The Balaban J connectivity index is 1.70. The molecule has 6 heteroatoms. The summed E-state index contributed by atoms with van der Waals surface area (Å²) in [7, 11) is 1.69. The number of para-hydroxylation sites is 1. The van der Waals surface area contributed by atoms with Crippen LogP contribution < -0.4 is 10.1 Å². The molecule has 0 spiro atoms. The molecule has 29 heavy (non-hydrogen) atoms. The minimum atomic E-state index is -0.571. The smallest absolute Gasteiger partial charge is 0.410 e. The molecule has 1 aromatic carbocycles. The second-order valence-electron chi connectivity index (χ2n) is 9.24. The van der Waals surface area contributed by atoms with E-state index in [1.807, 2.05) is 39.0 Å². The molecule has 160 valence electrons. The molecule has 2 fully saturated rings. The highest BCUT2D eigenvalue weighted by molar-refractivity contribution is 5.86. The van der Waals surface area contributed by atoms with E-state index in [9.17, 15) is 9.59 Å². The molecule has 0 bridgehead atoms. The number of benzene rings is 1. The Morgan fingerprint density at radius 2 is 1.86 bits per heavy atom. The minimum absolute atomic E-state index is 0.0884. The van der Waals surface area contributed by atoms with E-state index in [2.05, 4.69) is 11.4 Å². The van der Waals surface area contributed by atoms with Gasteiger partial charge in [-0.25, -0.2) is 4.79 Å². The molecular weight excluding hydrogens is 368 g/mol. The van der Waals surface area contributed by atoms with Crippen LogP contribution in [0, 0.1) is 0 Å². The third kappa shape index (κ3) is 4.85. The van der Waals surface area contributed by atoms with Crippen LogP contribution in [0.3, 0.4) is 0 Å². The van der Waals surface area contributed by atoms with Crippen molar-refractivity contribution >= 4 is 12.0 Å². The molecule has 1 aromatic rings. The molecule has 3 rings (SSSR count). The number of likely N-dealkylation sites (tertiary alicyclic amines) is 1. The van der Waals surface area contributed by atoms with Crippen LogP contribution >= 0.6 is 0 Å². The molecule has 1 aliphatic carbocycles. The molecule has 1 N–H and O–H groups in total. The number of carbonyl (C=O) groups excluding carboxylic acids is 2. The van der Waals surface area contributed by atoms with E-state index in [1.54, 1.807) is 12.0 Å². The lowest BCUT2D eigenvalue weighted by atomic mass is 9.78. The van der Waals surface area contributed by atoms with Crippen LogP contribution in [0.4, 0.5) is 4.79 Å².